The van der Waals surface area contributed by atoms with E-state index in [0.717, 1.165) is 12.8 Å². The third-order valence-corrected chi connectivity index (χ3v) is 4.11. The third-order valence-electron chi connectivity index (χ3n) is 4.11. The zero-order valence-electron chi connectivity index (χ0n) is 15.8. The molecule has 2 amide bonds. The summed E-state index contributed by atoms with van der Waals surface area (Å²) in [4.78, 5) is 30.6. The monoisotopic (exact) mass is 337 g/mol. The van der Waals surface area contributed by atoms with Crippen molar-refractivity contribution in [1.82, 2.24) is 15.2 Å². The first-order valence-corrected chi connectivity index (χ1v) is 8.83. The van der Waals surface area contributed by atoms with Gasteiger partial charge in [-0.05, 0) is 32.6 Å². The molecule has 1 heterocycles. The van der Waals surface area contributed by atoms with E-state index in [1.807, 2.05) is 41.5 Å². The molecule has 0 aliphatic rings. The van der Waals surface area contributed by atoms with E-state index in [2.05, 4.69) is 10.3 Å². The Hall–Kier alpha value is -1.85. The van der Waals surface area contributed by atoms with Gasteiger partial charge in [-0.25, -0.2) is 4.98 Å². The molecule has 136 valence electrons. The molecular weight excluding hydrogens is 306 g/mol. The summed E-state index contributed by atoms with van der Waals surface area (Å²) >= 11 is 0. The Labute approximate surface area is 145 Å². The summed E-state index contributed by atoms with van der Waals surface area (Å²) in [5, 5.41) is 2.85. The summed E-state index contributed by atoms with van der Waals surface area (Å²) in [6.45, 7) is 12.3. The van der Waals surface area contributed by atoms with Crippen molar-refractivity contribution in [2.45, 2.75) is 79.4 Å². The highest BCUT2D eigenvalue weighted by atomic mass is 16.3. The van der Waals surface area contributed by atoms with Gasteiger partial charge in [0.15, 0.2) is 5.69 Å². The van der Waals surface area contributed by atoms with Crippen molar-refractivity contribution in [3.8, 4) is 0 Å². The highest BCUT2D eigenvalue weighted by Gasteiger charge is 2.23. The maximum absolute atomic E-state index is 12.5. The number of aromatic nitrogens is 1. The molecule has 1 N–H and O–H groups in total. The lowest BCUT2D eigenvalue weighted by Crippen LogP contribution is -2.38. The van der Waals surface area contributed by atoms with Gasteiger partial charge < -0.3 is 14.6 Å². The topological polar surface area (TPSA) is 75.4 Å². The fraction of sp³-hybridized carbons (Fsp3) is 0.722. The fourth-order valence-electron chi connectivity index (χ4n) is 2.21. The molecule has 0 spiro atoms. The van der Waals surface area contributed by atoms with Gasteiger partial charge in [0.25, 0.3) is 5.91 Å². The third kappa shape index (κ3) is 5.98. The molecular formula is C18H31N3O3. The van der Waals surface area contributed by atoms with Crippen molar-refractivity contribution in [3.05, 3.63) is 17.8 Å². The second-order valence-electron chi connectivity index (χ2n) is 6.79. The molecule has 1 aromatic rings. The Balaban J connectivity index is 2.81. The average molecular weight is 337 g/mol. The van der Waals surface area contributed by atoms with Crippen LogP contribution in [0.5, 0.6) is 0 Å². The first-order valence-electron chi connectivity index (χ1n) is 8.83. The zero-order valence-corrected chi connectivity index (χ0v) is 15.8. The molecule has 1 rings (SSSR count). The van der Waals surface area contributed by atoms with Gasteiger partial charge in [-0.15, -0.1) is 0 Å². The Bertz CT molecular complexity index is 539. The van der Waals surface area contributed by atoms with Crippen LogP contribution in [0.1, 0.15) is 77.2 Å². The molecule has 0 aliphatic heterocycles. The number of nitrogens with one attached hydrogen (secondary N) is 1. The molecule has 0 aliphatic carbocycles. The van der Waals surface area contributed by atoms with Gasteiger partial charge in [0.2, 0.25) is 11.8 Å². The second kappa shape index (κ2) is 9.45. The Kier molecular flexibility index (Phi) is 7.95. The van der Waals surface area contributed by atoms with E-state index >= 15 is 0 Å². The van der Waals surface area contributed by atoms with E-state index in [9.17, 15) is 9.59 Å². The Morgan fingerprint density at radius 1 is 1.21 bits per heavy atom. The molecule has 2 unspecified atom stereocenters. The number of amides is 2. The van der Waals surface area contributed by atoms with E-state index in [0.29, 0.717) is 18.2 Å². The number of nitrogens with zero attached hydrogens (tertiary/aromatic N) is 2. The van der Waals surface area contributed by atoms with Gasteiger partial charge in [0.05, 0.1) is 6.54 Å². The molecule has 0 fully saturated rings. The van der Waals surface area contributed by atoms with Crippen molar-refractivity contribution < 1.29 is 14.0 Å². The normalized spacial score (nSPS) is 13.6. The number of rotatable bonds is 9. The van der Waals surface area contributed by atoms with E-state index in [4.69, 9.17) is 4.42 Å². The average Bonchev–Trinajstić information content (AvgIpc) is 2.99. The number of carbonyl (C=O) groups excluding carboxylic acids is 2. The van der Waals surface area contributed by atoms with Crippen LogP contribution < -0.4 is 5.32 Å². The van der Waals surface area contributed by atoms with E-state index in [1.165, 1.54) is 6.26 Å². The molecule has 0 saturated carbocycles. The second-order valence-corrected chi connectivity index (χ2v) is 6.79. The van der Waals surface area contributed by atoms with Crippen molar-refractivity contribution >= 4 is 11.8 Å². The molecule has 0 aromatic carbocycles. The maximum atomic E-state index is 12.5. The van der Waals surface area contributed by atoms with Crippen LogP contribution in [0.4, 0.5) is 0 Å². The Morgan fingerprint density at radius 2 is 1.88 bits per heavy atom. The molecule has 0 bridgehead atoms. The van der Waals surface area contributed by atoms with Gasteiger partial charge in [-0.2, -0.15) is 0 Å². The van der Waals surface area contributed by atoms with E-state index in [-0.39, 0.29) is 36.1 Å². The minimum absolute atomic E-state index is 0.0851. The van der Waals surface area contributed by atoms with Crippen molar-refractivity contribution in [1.29, 1.82) is 0 Å². The van der Waals surface area contributed by atoms with Crippen LogP contribution in [0, 0.1) is 5.92 Å². The van der Waals surface area contributed by atoms with Gasteiger partial charge in [0.1, 0.15) is 6.26 Å². The molecule has 1 aromatic heterocycles. The van der Waals surface area contributed by atoms with Crippen molar-refractivity contribution in [2.75, 3.05) is 0 Å². The predicted molar refractivity (Wildman–Crippen MR) is 93.5 cm³/mol. The summed E-state index contributed by atoms with van der Waals surface area (Å²) in [6.07, 6.45) is 3.55. The van der Waals surface area contributed by atoms with Gasteiger partial charge >= 0.3 is 0 Å². The lowest BCUT2D eigenvalue weighted by molar-refractivity contribution is -0.135. The SMILES string of the molecule is CCC(C)NC(=O)c1coc(CN(C(=O)CC(C)C)C(C)CC)n1. The first kappa shape index (κ1) is 20.2. The summed E-state index contributed by atoms with van der Waals surface area (Å²) in [6, 6.07) is 0.183. The minimum atomic E-state index is -0.247. The Morgan fingerprint density at radius 3 is 2.42 bits per heavy atom. The molecule has 6 nitrogen and oxygen atoms in total. The maximum Gasteiger partial charge on any atom is 0.273 e. The van der Waals surface area contributed by atoms with Crippen LogP contribution in [0.3, 0.4) is 0 Å². The first-order chi connectivity index (χ1) is 11.3. The van der Waals surface area contributed by atoms with Crippen LogP contribution in [0.2, 0.25) is 0 Å². The summed E-state index contributed by atoms with van der Waals surface area (Å²) in [7, 11) is 0. The predicted octanol–water partition coefficient (Wildman–Crippen LogP) is 3.38. The van der Waals surface area contributed by atoms with E-state index < -0.39 is 0 Å². The van der Waals surface area contributed by atoms with E-state index in [1.54, 1.807) is 4.90 Å². The van der Waals surface area contributed by atoms with Gasteiger partial charge in [0, 0.05) is 18.5 Å². The minimum Gasteiger partial charge on any atom is -0.446 e. The summed E-state index contributed by atoms with van der Waals surface area (Å²) in [5.74, 6) is 0.526. The smallest absolute Gasteiger partial charge is 0.273 e. The van der Waals surface area contributed by atoms with Crippen LogP contribution >= 0.6 is 0 Å². The molecule has 6 heteroatoms. The van der Waals surface area contributed by atoms with Gasteiger partial charge in [-0.1, -0.05) is 27.7 Å². The lowest BCUT2D eigenvalue weighted by atomic mass is 10.1. The van der Waals surface area contributed by atoms with Crippen LogP contribution in [0.25, 0.3) is 0 Å². The highest BCUT2D eigenvalue weighted by Crippen LogP contribution is 2.15. The molecule has 2 atom stereocenters. The molecule has 0 radical (unpaired) electrons. The number of hydrogen-bond acceptors (Lipinski definition) is 4. The molecule has 24 heavy (non-hydrogen) atoms. The van der Waals surface area contributed by atoms with Gasteiger partial charge in [-0.3, -0.25) is 9.59 Å². The van der Waals surface area contributed by atoms with Crippen LogP contribution in [-0.2, 0) is 11.3 Å². The summed E-state index contributed by atoms with van der Waals surface area (Å²) in [5.41, 5.74) is 0.255. The largest absolute Gasteiger partial charge is 0.446 e. The van der Waals surface area contributed by atoms with Crippen LogP contribution in [0.15, 0.2) is 10.7 Å². The standard InChI is InChI=1S/C18H31N3O3/c1-7-13(5)19-18(23)15-11-24-16(20-15)10-21(14(6)8-2)17(22)9-12(3)4/h11-14H,7-10H2,1-6H3,(H,19,23). The summed E-state index contributed by atoms with van der Waals surface area (Å²) < 4.78 is 5.42. The lowest BCUT2D eigenvalue weighted by Gasteiger charge is -2.28. The number of carbonyl (C=O) groups is 2. The highest BCUT2D eigenvalue weighted by molar-refractivity contribution is 5.92. The zero-order chi connectivity index (χ0) is 18.3. The van der Waals surface area contributed by atoms with Crippen molar-refractivity contribution in [3.63, 3.8) is 0 Å². The van der Waals surface area contributed by atoms with Crippen molar-refractivity contribution in [2.24, 2.45) is 5.92 Å². The number of oxazole rings is 1. The molecule has 0 saturated heterocycles. The van der Waals surface area contributed by atoms with Crippen LogP contribution in [-0.4, -0.2) is 33.8 Å². The quantitative estimate of drug-likeness (QED) is 0.749. The fourth-order valence-corrected chi connectivity index (χ4v) is 2.21. The number of hydrogen-bond donors (Lipinski definition) is 1.